The highest BCUT2D eigenvalue weighted by molar-refractivity contribution is 9.10. The van der Waals surface area contributed by atoms with Crippen molar-refractivity contribution in [1.29, 1.82) is 0 Å². The molecule has 0 heterocycles. The molecule has 4 nitrogen and oxygen atoms in total. The van der Waals surface area contributed by atoms with E-state index in [0.29, 0.717) is 10.0 Å². The highest BCUT2D eigenvalue weighted by atomic mass is 79.9. The third kappa shape index (κ3) is 2.18. The van der Waals surface area contributed by atoms with Gasteiger partial charge < -0.3 is 5.73 Å². The third-order valence-electron chi connectivity index (χ3n) is 1.53. The summed E-state index contributed by atoms with van der Waals surface area (Å²) in [4.78, 5) is 9.93. The minimum absolute atomic E-state index is 0.106. The molecule has 0 radical (unpaired) electrons. The van der Waals surface area contributed by atoms with E-state index < -0.39 is 4.92 Å². The van der Waals surface area contributed by atoms with Crippen LogP contribution in [0.3, 0.4) is 0 Å². The molecule has 0 atom stereocenters. The van der Waals surface area contributed by atoms with E-state index in [1.165, 1.54) is 12.1 Å². The van der Waals surface area contributed by atoms with Crippen molar-refractivity contribution in [3.8, 4) is 0 Å². The first-order valence-electron chi connectivity index (χ1n) is 3.38. The average molecular weight is 265 g/mol. The van der Waals surface area contributed by atoms with Crippen LogP contribution in [0.2, 0.25) is 5.02 Å². The standard InChI is InChI=1S/C7H6BrClN2O2/c8-5-2-6(9)7(11(12)13)1-4(5)3-10/h1-2H,3,10H2. The molecule has 0 saturated heterocycles. The molecule has 13 heavy (non-hydrogen) atoms. The van der Waals surface area contributed by atoms with Crippen LogP contribution in [0.25, 0.3) is 0 Å². The van der Waals surface area contributed by atoms with Gasteiger partial charge in [-0.1, -0.05) is 27.5 Å². The summed E-state index contributed by atoms with van der Waals surface area (Å²) in [6.07, 6.45) is 0. The molecule has 0 amide bonds. The summed E-state index contributed by atoms with van der Waals surface area (Å²) in [7, 11) is 0. The van der Waals surface area contributed by atoms with Crippen LogP contribution in [0.15, 0.2) is 16.6 Å². The van der Waals surface area contributed by atoms with Crippen molar-refractivity contribution in [2.75, 3.05) is 0 Å². The molecular weight excluding hydrogens is 259 g/mol. The van der Waals surface area contributed by atoms with Gasteiger partial charge in [-0.15, -0.1) is 0 Å². The van der Waals surface area contributed by atoms with Gasteiger partial charge in [-0.25, -0.2) is 0 Å². The SMILES string of the molecule is NCc1cc([N+](=O)[O-])c(Cl)cc1Br. The Morgan fingerprint density at radius 1 is 1.62 bits per heavy atom. The van der Waals surface area contributed by atoms with E-state index >= 15 is 0 Å². The van der Waals surface area contributed by atoms with Gasteiger partial charge in [-0.3, -0.25) is 10.1 Å². The lowest BCUT2D eigenvalue weighted by molar-refractivity contribution is -0.384. The van der Waals surface area contributed by atoms with Crippen molar-refractivity contribution < 1.29 is 4.92 Å². The number of benzene rings is 1. The predicted molar refractivity (Wildman–Crippen MR) is 53.7 cm³/mol. The zero-order chi connectivity index (χ0) is 10.0. The number of halogens is 2. The van der Waals surface area contributed by atoms with E-state index in [1.54, 1.807) is 0 Å². The van der Waals surface area contributed by atoms with Crippen molar-refractivity contribution in [2.45, 2.75) is 6.54 Å². The maximum Gasteiger partial charge on any atom is 0.288 e. The number of nitro groups is 1. The molecule has 0 spiro atoms. The van der Waals surface area contributed by atoms with Crippen LogP contribution in [0, 0.1) is 10.1 Å². The molecule has 2 N–H and O–H groups in total. The molecule has 1 rings (SSSR count). The summed E-state index contributed by atoms with van der Waals surface area (Å²) in [6.45, 7) is 0.235. The zero-order valence-corrected chi connectivity index (χ0v) is 8.80. The Balaban J connectivity index is 3.30. The van der Waals surface area contributed by atoms with E-state index in [2.05, 4.69) is 15.9 Å². The lowest BCUT2D eigenvalue weighted by atomic mass is 10.2. The summed E-state index contributed by atoms with van der Waals surface area (Å²) < 4.78 is 0.686. The van der Waals surface area contributed by atoms with Crippen LogP contribution >= 0.6 is 27.5 Å². The normalized spacial score (nSPS) is 10.1. The van der Waals surface area contributed by atoms with Gasteiger partial charge in [0.25, 0.3) is 5.69 Å². The monoisotopic (exact) mass is 264 g/mol. The van der Waals surface area contributed by atoms with Gasteiger partial charge >= 0.3 is 0 Å². The van der Waals surface area contributed by atoms with Crippen LogP contribution in [0.5, 0.6) is 0 Å². The fraction of sp³-hybridized carbons (Fsp3) is 0.143. The van der Waals surface area contributed by atoms with Gasteiger partial charge in [-0.2, -0.15) is 0 Å². The second-order valence-corrected chi connectivity index (χ2v) is 3.62. The third-order valence-corrected chi connectivity index (χ3v) is 2.57. The maximum absolute atomic E-state index is 10.5. The van der Waals surface area contributed by atoms with Crippen molar-refractivity contribution in [3.05, 3.63) is 37.3 Å². The summed E-state index contributed by atoms with van der Waals surface area (Å²) in [5.41, 5.74) is 5.92. The molecule has 0 aliphatic heterocycles. The summed E-state index contributed by atoms with van der Waals surface area (Å²) >= 11 is 8.84. The molecule has 70 valence electrons. The Morgan fingerprint density at radius 2 is 2.23 bits per heavy atom. The number of nitrogens with zero attached hydrogens (tertiary/aromatic N) is 1. The van der Waals surface area contributed by atoms with Gasteiger partial charge in [0.2, 0.25) is 0 Å². The Morgan fingerprint density at radius 3 is 2.69 bits per heavy atom. The van der Waals surface area contributed by atoms with Crippen molar-refractivity contribution in [3.63, 3.8) is 0 Å². The smallest absolute Gasteiger partial charge is 0.288 e. The number of rotatable bonds is 2. The quantitative estimate of drug-likeness (QED) is 0.659. The van der Waals surface area contributed by atoms with Gasteiger partial charge in [0.15, 0.2) is 0 Å². The fourth-order valence-electron chi connectivity index (χ4n) is 0.877. The summed E-state index contributed by atoms with van der Waals surface area (Å²) in [5.74, 6) is 0. The van der Waals surface area contributed by atoms with Gasteiger partial charge in [0, 0.05) is 17.1 Å². The number of nitrogens with two attached hydrogens (primary N) is 1. The van der Waals surface area contributed by atoms with E-state index in [0.717, 1.165) is 0 Å². The Hall–Kier alpha value is -0.650. The van der Waals surface area contributed by atoms with Crippen molar-refractivity contribution in [1.82, 2.24) is 0 Å². The summed E-state index contributed by atoms with van der Waals surface area (Å²) in [6, 6.07) is 2.84. The molecule has 0 unspecified atom stereocenters. The number of hydrogen-bond donors (Lipinski definition) is 1. The summed E-state index contributed by atoms with van der Waals surface area (Å²) in [5, 5.41) is 10.6. The molecule has 0 aromatic heterocycles. The van der Waals surface area contributed by atoms with Crippen LogP contribution in [0.4, 0.5) is 5.69 Å². The molecule has 6 heteroatoms. The highest BCUT2D eigenvalue weighted by Gasteiger charge is 2.14. The first-order chi connectivity index (χ1) is 6.06. The van der Waals surface area contributed by atoms with E-state index in [-0.39, 0.29) is 17.3 Å². The van der Waals surface area contributed by atoms with Crippen LogP contribution in [-0.2, 0) is 6.54 Å². The minimum Gasteiger partial charge on any atom is -0.326 e. The second-order valence-electron chi connectivity index (χ2n) is 2.36. The van der Waals surface area contributed by atoms with Gasteiger partial charge in [0.05, 0.1) is 4.92 Å². The molecule has 0 aliphatic carbocycles. The van der Waals surface area contributed by atoms with Crippen LogP contribution in [0.1, 0.15) is 5.56 Å². The first-order valence-corrected chi connectivity index (χ1v) is 4.55. The Kier molecular flexibility index (Phi) is 3.24. The van der Waals surface area contributed by atoms with Crippen molar-refractivity contribution in [2.24, 2.45) is 5.73 Å². The van der Waals surface area contributed by atoms with Crippen LogP contribution in [-0.4, -0.2) is 4.92 Å². The largest absolute Gasteiger partial charge is 0.326 e. The number of nitro benzene ring substituents is 1. The molecule has 0 aliphatic rings. The Bertz CT molecular complexity index is 357. The predicted octanol–water partition coefficient (Wildman–Crippen LogP) is 2.47. The average Bonchev–Trinajstić information content (AvgIpc) is 2.03. The van der Waals surface area contributed by atoms with E-state index in [1.807, 2.05) is 0 Å². The second kappa shape index (κ2) is 4.04. The lowest BCUT2D eigenvalue weighted by Crippen LogP contribution is -1.99. The molecule has 1 aromatic carbocycles. The molecule has 0 saturated carbocycles. The molecule has 1 aromatic rings. The number of hydrogen-bond acceptors (Lipinski definition) is 3. The van der Waals surface area contributed by atoms with Gasteiger partial charge in [0.1, 0.15) is 5.02 Å². The van der Waals surface area contributed by atoms with Crippen molar-refractivity contribution >= 4 is 33.2 Å². The first kappa shape index (κ1) is 10.4. The topological polar surface area (TPSA) is 69.2 Å². The Labute approximate surface area is 88.0 Å². The molecular formula is C7H6BrClN2O2. The molecule has 0 fully saturated rings. The molecule has 0 bridgehead atoms. The van der Waals surface area contributed by atoms with E-state index in [4.69, 9.17) is 17.3 Å². The maximum atomic E-state index is 10.5. The zero-order valence-electron chi connectivity index (χ0n) is 6.46. The highest BCUT2D eigenvalue weighted by Crippen LogP contribution is 2.30. The van der Waals surface area contributed by atoms with Gasteiger partial charge in [-0.05, 0) is 11.6 Å². The van der Waals surface area contributed by atoms with E-state index in [9.17, 15) is 10.1 Å². The fourth-order valence-corrected chi connectivity index (χ4v) is 1.75. The lowest BCUT2D eigenvalue weighted by Gasteiger charge is -2.02. The van der Waals surface area contributed by atoms with Crippen LogP contribution < -0.4 is 5.73 Å². The minimum atomic E-state index is -0.534.